The smallest absolute Gasteiger partial charge is 0.157 e. The van der Waals surface area contributed by atoms with E-state index in [1.807, 2.05) is 12.2 Å². The first kappa shape index (κ1) is 11.8. The van der Waals surface area contributed by atoms with Gasteiger partial charge >= 0.3 is 0 Å². The molecule has 0 amide bonds. The van der Waals surface area contributed by atoms with Crippen molar-refractivity contribution in [2.75, 3.05) is 19.8 Å². The SMILES string of the molecule is OCC1=CC=CCC1COC1CCCCO1. The molecule has 1 fully saturated rings. The summed E-state index contributed by atoms with van der Waals surface area (Å²) in [6.07, 6.45) is 10.4. The Kier molecular flexibility index (Phi) is 4.57. The molecule has 3 heteroatoms. The fraction of sp³-hybridized carbons (Fsp3) is 0.692. The van der Waals surface area contributed by atoms with Crippen molar-refractivity contribution >= 4 is 0 Å². The summed E-state index contributed by atoms with van der Waals surface area (Å²) in [5.41, 5.74) is 1.07. The average molecular weight is 224 g/mol. The zero-order valence-corrected chi connectivity index (χ0v) is 9.60. The normalized spacial score (nSPS) is 30.2. The van der Waals surface area contributed by atoms with Crippen LogP contribution in [0.5, 0.6) is 0 Å². The molecule has 1 aliphatic heterocycles. The minimum Gasteiger partial charge on any atom is -0.392 e. The van der Waals surface area contributed by atoms with Crippen LogP contribution in [0.15, 0.2) is 23.8 Å². The van der Waals surface area contributed by atoms with Gasteiger partial charge in [0.2, 0.25) is 0 Å². The van der Waals surface area contributed by atoms with Crippen molar-refractivity contribution in [1.29, 1.82) is 0 Å². The molecule has 2 aliphatic rings. The van der Waals surface area contributed by atoms with Gasteiger partial charge in [-0.25, -0.2) is 0 Å². The third-order valence-corrected chi connectivity index (χ3v) is 3.20. The van der Waals surface area contributed by atoms with Crippen molar-refractivity contribution in [3.63, 3.8) is 0 Å². The van der Waals surface area contributed by atoms with Crippen molar-refractivity contribution in [2.24, 2.45) is 5.92 Å². The molecule has 1 heterocycles. The molecule has 0 aromatic heterocycles. The minimum absolute atomic E-state index is 0.0281. The molecule has 90 valence electrons. The Balaban J connectivity index is 1.76. The summed E-state index contributed by atoms with van der Waals surface area (Å²) in [6.45, 7) is 1.60. The van der Waals surface area contributed by atoms with Crippen LogP contribution in [0.1, 0.15) is 25.7 Å². The van der Waals surface area contributed by atoms with E-state index in [9.17, 15) is 5.11 Å². The van der Waals surface area contributed by atoms with Crippen molar-refractivity contribution < 1.29 is 14.6 Å². The molecule has 0 spiro atoms. The van der Waals surface area contributed by atoms with Gasteiger partial charge in [0, 0.05) is 12.5 Å². The highest BCUT2D eigenvalue weighted by atomic mass is 16.7. The van der Waals surface area contributed by atoms with Gasteiger partial charge in [0.15, 0.2) is 6.29 Å². The lowest BCUT2D eigenvalue weighted by Crippen LogP contribution is -2.26. The molecular formula is C13H20O3. The minimum atomic E-state index is -0.0281. The van der Waals surface area contributed by atoms with E-state index in [0.717, 1.165) is 31.4 Å². The first-order valence-corrected chi connectivity index (χ1v) is 6.10. The van der Waals surface area contributed by atoms with E-state index in [4.69, 9.17) is 9.47 Å². The highest BCUT2D eigenvalue weighted by Gasteiger charge is 2.19. The molecule has 2 rings (SSSR count). The monoisotopic (exact) mass is 224 g/mol. The van der Waals surface area contributed by atoms with Gasteiger partial charge in [-0.3, -0.25) is 0 Å². The Morgan fingerprint density at radius 2 is 2.38 bits per heavy atom. The molecule has 2 unspecified atom stereocenters. The van der Waals surface area contributed by atoms with E-state index in [1.165, 1.54) is 6.42 Å². The molecule has 0 saturated carbocycles. The molecule has 1 saturated heterocycles. The third-order valence-electron chi connectivity index (χ3n) is 3.20. The molecule has 0 radical (unpaired) electrons. The average Bonchev–Trinajstić information content (AvgIpc) is 2.38. The molecule has 1 aliphatic carbocycles. The number of hydrogen-bond donors (Lipinski definition) is 1. The van der Waals surface area contributed by atoms with Crippen molar-refractivity contribution in [3.05, 3.63) is 23.8 Å². The number of aliphatic hydroxyl groups is 1. The molecule has 3 nitrogen and oxygen atoms in total. The van der Waals surface area contributed by atoms with Crippen LogP contribution in [0.2, 0.25) is 0 Å². The Morgan fingerprint density at radius 1 is 1.44 bits per heavy atom. The van der Waals surface area contributed by atoms with Crippen molar-refractivity contribution in [1.82, 2.24) is 0 Å². The standard InChI is InChI=1S/C13H20O3/c14-9-11-5-1-2-6-12(11)10-16-13-7-3-4-8-15-13/h1-2,5,12-14H,3-4,6-10H2. The summed E-state index contributed by atoms with van der Waals surface area (Å²) in [5, 5.41) is 9.21. The molecule has 1 N–H and O–H groups in total. The van der Waals surface area contributed by atoms with E-state index in [2.05, 4.69) is 6.08 Å². The lowest BCUT2D eigenvalue weighted by atomic mass is 9.93. The van der Waals surface area contributed by atoms with Crippen LogP contribution in [0.3, 0.4) is 0 Å². The molecular weight excluding hydrogens is 204 g/mol. The zero-order chi connectivity index (χ0) is 11.2. The topological polar surface area (TPSA) is 38.7 Å². The van der Waals surface area contributed by atoms with Crippen LogP contribution in [-0.2, 0) is 9.47 Å². The van der Waals surface area contributed by atoms with Gasteiger partial charge in [0.1, 0.15) is 0 Å². The Bertz CT molecular complexity index is 264. The van der Waals surface area contributed by atoms with Gasteiger partial charge in [-0.15, -0.1) is 0 Å². The molecule has 2 atom stereocenters. The first-order chi connectivity index (χ1) is 7.90. The zero-order valence-electron chi connectivity index (χ0n) is 9.60. The summed E-state index contributed by atoms with van der Waals surface area (Å²) in [6, 6.07) is 0. The largest absolute Gasteiger partial charge is 0.392 e. The van der Waals surface area contributed by atoms with Gasteiger partial charge in [0.05, 0.1) is 13.2 Å². The number of allylic oxidation sites excluding steroid dienone is 3. The highest BCUT2D eigenvalue weighted by Crippen LogP contribution is 2.22. The Morgan fingerprint density at radius 3 is 3.12 bits per heavy atom. The Hall–Kier alpha value is -0.640. The van der Waals surface area contributed by atoms with Gasteiger partial charge in [-0.2, -0.15) is 0 Å². The van der Waals surface area contributed by atoms with E-state index in [-0.39, 0.29) is 12.9 Å². The predicted molar refractivity (Wildman–Crippen MR) is 62.0 cm³/mol. The maximum Gasteiger partial charge on any atom is 0.157 e. The summed E-state index contributed by atoms with van der Waals surface area (Å²) in [5.74, 6) is 0.320. The quantitative estimate of drug-likeness (QED) is 0.794. The van der Waals surface area contributed by atoms with Crippen molar-refractivity contribution in [2.45, 2.75) is 32.0 Å². The second kappa shape index (κ2) is 6.18. The van der Waals surface area contributed by atoms with Crippen LogP contribution in [0, 0.1) is 5.92 Å². The maximum atomic E-state index is 9.21. The number of ether oxygens (including phenoxy) is 2. The van der Waals surface area contributed by atoms with Crippen LogP contribution >= 0.6 is 0 Å². The second-order valence-corrected chi connectivity index (χ2v) is 4.39. The highest BCUT2D eigenvalue weighted by molar-refractivity contribution is 5.21. The lowest BCUT2D eigenvalue weighted by Gasteiger charge is -2.26. The van der Waals surface area contributed by atoms with Gasteiger partial charge in [-0.05, 0) is 31.3 Å². The second-order valence-electron chi connectivity index (χ2n) is 4.39. The van der Waals surface area contributed by atoms with Crippen LogP contribution in [0.25, 0.3) is 0 Å². The Labute approximate surface area is 96.7 Å². The van der Waals surface area contributed by atoms with Crippen LogP contribution < -0.4 is 0 Å². The molecule has 0 bridgehead atoms. The third kappa shape index (κ3) is 3.17. The van der Waals surface area contributed by atoms with Gasteiger partial charge < -0.3 is 14.6 Å². The van der Waals surface area contributed by atoms with E-state index in [0.29, 0.717) is 12.5 Å². The number of hydrogen-bond acceptors (Lipinski definition) is 3. The fourth-order valence-electron chi connectivity index (χ4n) is 2.14. The fourth-order valence-corrected chi connectivity index (χ4v) is 2.14. The summed E-state index contributed by atoms with van der Waals surface area (Å²) in [7, 11) is 0. The van der Waals surface area contributed by atoms with Crippen molar-refractivity contribution in [3.8, 4) is 0 Å². The summed E-state index contributed by atoms with van der Waals surface area (Å²) in [4.78, 5) is 0. The molecule has 16 heavy (non-hydrogen) atoms. The van der Waals surface area contributed by atoms with E-state index >= 15 is 0 Å². The molecule has 0 aromatic rings. The van der Waals surface area contributed by atoms with E-state index < -0.39 is 0 Å². The maximum absolute atomic E-state index is 9.21. The summed E-state index contributed by atoms with van der Waals surface area (Å²) >= 11 is 0. The van der Waals surface area contributed by atoms with Gasteiger partial charge in [-0.1, -0.05) is 18.2 Å². The van der Waals surface area contributed by atoms with E-state index in [1.54, 1.807) is 0 Å². The predicted octanol–water partition coefficient (Wildman–Crippen LogP) is 2.02. The van der Waals surface area contributed by atoms with Gasteiger partial charge in [0.25, 0.3) is 0 Å². The lowest BCUT2D eigenvalue weighted by molar-refractivity contribution is -0.167. The first-order valence-electron chi connectivity index (χ1n) is 6.10. The molecule has 0 aromatic carbocycles. The van der Waals surface area contributed by atoms with Crippen LogP contribution in [0.4, 0.5) is 0 Å². The summed E-state index contributed by atoms with van der Waals surface area (Å²) < 4.78 is 11.3. The van der Waals surface area contributed by atoms with Crippen LogP contribution in [-0.4, -0.2) is 31.2 Å². The number of aliphatic hydroxyl groups excluding tert-OH is 1. The number of rotatable bonds is 4.